The standard InChI is InChI=1S/C11H9N3O/c1-7-9(5-12)11-8(6-13-7)3-4-10(15)14(11)2/h3-4,6H,1-2H3. The van der Waals surface area contributed by atoms with Gasteiger partial charge in [0.15, 0.2) is 0 Å². The normalized spacial score (nSPS) is 10.2. The summed E-state index contributed by atoms with van der Waals surface area (Å²) in [7, 11) is 1.66. The van der Waals surface area contributed by atoms with Crippen LogP contribution in [0.3, 0.4) is 0 Å². The number of nitriles is 1. The Hall–Kier alpha value is -2.15. The molecule has 0 N–H and O–H groups in total. The summed E-state index contributed by atoms with van der Waals surface area (Å²) in [6.45, 7) is 1.76. The molecule has 0 aliphatic carbocycles. The molecule has 0 radical (unpaired) electrons. The van der Waals surface area contributed by atoms with E-state index in [4.69, 9.17) is 5.26 Å². The van der Waals surface area contributed by atoms with Crippen molar-refractivity contribution >= 4 is 10.9 Å². The first-order valence-corrected chi connectivity index (χ1v) is 4.50. The zero-order chi connectivity index (χ0) is 11.0. The molecule has 0 aliphatic rings. The van der Waals surface area contributed by atoms with Crippen molar-refractivity contribution in [3.8, 4) is 6.07 Å². The molecular formula is C11H9N3O. The van der Waals surface area contributed by atoms with Crippen LogP contribution in [0.1, 0.15) is 11.3 Å². The molecule has 0 saturated heterocycles. The summed E-state index contributed by atoms with van der Waals surface area (Å²) in [5.41, 5.74) is 1.64. The van der Waals surface area contributed by atoms with Gasteiger partial charge in [-0.15, -0.1) is 0 Å². The van der Waals surface area contributed by atoms with Gasteiger partial charge in [0.1, 0.15) is 6.07 Å². The van der Waals surface area contributed by atoms with Crippen LogP contribution < -0.4 is 5.56 Å². The number of pyridine rings is 2. The number of hydrogen-bond acceptors (Lipinski definition) is 3. The molecule has 0 spiro atoms. The molecule has 15 heavy (non-hydrogen) atoms. The second-order valence-electron chi connectivity index (χ2n) is 3.36. The Morgan fingerprint density at radius 2 is 2.20 bits per heavy atom. The minimum Gasteiger partial charge on any atom is -0.310 e. The molecule has 0 amide bonds. The minimum absolute atomic E-state index is 0.121. The lowest BCUT2D eigenvalue weighted by atomic mass is 10.1. The molecular weight excluding hydrogens is 190 g/mol. The Morgan fingerprint density at radius 3 is 2.87 bits per heavy atom. The van der Waals surface area contributed by atoms with E-state index in [0.717, 1.165) is 5.39 Å². The SMILES string of the molecule is Cc1ncc2ccc(=O)n(C)c2c1C#N. The van der Waals surface area contributed by atoms with Gasteiger partial charge in [-0.3, -0.25) is 9.78 Å². The third-order valence-corrected chi connectivity index (χ3v) is 2.45. The minimum atomic E-state index is -0.121. The van der Waals surface area contributed by atoms with Crippen molar-refractivity contribution in [2.75, 3.05) is 0 Å². The van der Waals surface area contributed by atoms with Gasteiger partial charge in [-0.25, -0.2) is 0 Å². The van der Waals surface area contributed by atoms with Gasteiger partial charge < -0.3 is 4.57 Å². The van der Waals surface area contributed by atoms with E-state index in [0.29, 0.717) is 16.8 Å². The van der Waals surface area contributed by atoms with Gasteiger partial charge in [-0.2, -0.15) is 5.26 Å². The molecule has 2 aromatic rings. The highest BCUT2D eigenvalue weighted by Crippen LogP contribution is 2.16. The molecule has 0 fully saturated rings. The van der Waals surface area contributed by atoms with E-state index in [1.165, 1.54) is 10.6 Å². The quantitative estimate of drug-likeness (QED) is 0.638. The zero-order valence-electron chi connectivity index (χ0n) is 8.48. The Labute approximate surface area is 86.4 Å². The third-order valence-electron chi connectivity index (χ3n) is 2.45. The van der Waals surface area contributed by atoms with E-state index in [9.17, 15) is 4.79 Å². The Bertz CT molecular complexity index is 635. The molecule has 2 heterocycles. The fourth-order valence-corrected chi connectivity index (χ4v) is 1.61. The summed E-state index contributed by atoms with van der Waals surface area (Å²) in [5, 5.41) is 9.83. The molecule has 0 aromatic carbocycles. The average Bonchev–Trinajstić information content (AvgIpc) is 2.24. The predicted octanol–water partition coefficient (Wildman–Crippen LogP) is 1.11. The molecule has 74 valence electrons. The maximum Gasteiger partial charge on any atom is 0.250 e. The molecule has 4 heteroatoms. The number of rotatable bonds is 0. The predicted molar refractivity (Wildman–Crippen MR) is 56.4 cm³/mol. The van der Waals surface area contributed by atoms with Gasteiger partial charge in [0, 0.05) is 24.7 Å². The van der Waals surface area contributed by atoms with Crippen molar-refractivity contribution in [3.05, 3.63) is 39.9 Å². The molecule has 2 rings (SSSR count). The van der Waals surface area contributed by atoms with Crippen molar-refractivity contribution in [2.24, 2.45) is 7.05 Å². The highest BCUT2D eigenvalue weighted by Gasteiger charge is 2.08. The van der Waals surface area contributed by atoms with Gasteiger partial charge in [-0.05, 0) is 13.0 Å². The van der Waals surface area contributed by atoms with Gasteiger partial charge in [-0.1, -0.05) is 0 Å². The second kappa shape index (κ2) is 3.21. The highest BCUT2D eigenvalue weighted by molar-refractivity contribution is 5.84. The monoisotopic (exact) mass is 199 g/mol. The molecule has 2 aromatic heterocycles. The number of hydrogen-bond donors (Lipinski definition) is 0. The molecule has 0 saturated carbocycles. The maximum absolute atomic E-state index is 11.4. The number of nitrogens with zero attached hydrogens (tertiary/aromatic N) is 3. The van der Waals surface area contributed by atoms with Gasteiger partial charge in [0.05, 0.1) is 16.8 Å². The van der Waals surface area contributed by atoms with E-state index >= 15 is 0 Å². The highest BCUT2D eigenvalue weighted by atomic mass is 16.1. The van der Waals surface area contributed by atoms with E-state index in [1.807, 2.05) is 0 Å². The third kappa shape index (κ3) is 1.29. The van der Waals surface area contributed by atoms with Crippen LogP contribution in [0.2, 0.25) is 0 Å². The number of aromatic nitrogens is 2. The van der Waals surface area contributed by atoms with Crippen molar-refractivity contribution in [3.63, 3.8) is 0 Å². The summed E-state index contributed by atoms with van der Waals surface area (Å²) in [6.07, 6.45) is 1.67. The first kappa shape index (κ1) is 9.41. The first-order valence-electron chi connectivity index (χ1n) is 4.50. The molecule has 4 nitrogen and oxygen atoms in total. The summed E-state index contributed by atoms with van der Waals surface area (Å²) >= 11 is 0. The van der Waals surface area contributed by atoms with E-state index in [1.54, 1.807) is 26.2 Å². The topological polar surface area (TPSA) is 58.7 Å². The zero-order valence-corrected chi connectivity index (χ0v) is 8.48. The van der Waals surface area contributed by atoms with Crippen LogP contribution in [0.15, 0.2) is 23.1 Å². The van der Waals surface area contributed by atoms with Crippen LogP contribution in [-0.2, 0) is 7.05 Å². The van der Waals surface area contributed by atoms with Crippen LogP contribution in [0.25, 0.3) is 10.9 Å². The Kier molecular flexibility index (Phi) is 2.01. The van der Waals surface area contributed by atoms with Crippen LogP contribution in [0.4, 0.5) is 0 Å². The van der Waals surface area contributed by atoms with Crippen LogP contribution in [0.5, 0.6) is 0 Å². The van der Waals surface area contributed by atoms with Gasteiger partial charge >= 0.3 is 0 Å². The van der Waals surface area contributed by atoms with Crippen molar-refractivity contribution < 1.29 is 0 Å². The summed E-state index contributed by atoms with van der Waals surface area (Å²) in [6, 6.07) is 5.24. The van der Waals surface area contributed by atoms with E-state index in [-0.39, 0.29) is 5.56 Å². The summed E-state index contributed by atoms with van der Waals surface area (Å²) in [4.78, 5) is 15.6. The molecule has 0 bridgehead atoms. The summed E-state index contributed by atoms with van der Waals surface area (Å²) < 4.78 is 1.47. The fourth-order valence-electron chi connectivity index (χ4n) is 1.61. The fraction of sp³-hybridized carbons (Fsp3) is 0.182. The lowest BCUT2D eigenvalue weighted by Crippen LogP contribution is -2.16. The van der Waals surface area contributed by atoms with Gasteiger partial charge in [0.2, 0.25) is 0 Å². The smallest absolute Gasteiger partial charge is 0.250 e. The number of aryl methyl sites for hydroxylation is 2. The molecule has 0 aliphatic heterocycles. The van der Waals surface area contributed by atoms with Gasteiger partial charge in [0.25, 0.3) is 5.56 Å². The van der Waals surface area contributed by atoms with E-state index < -0.39 is 0 Å². The van der Waals surface area contributed by atoms with E-state index in [2.05, 4.69) is 11.1 Å². The number of fused-ring (bicyclic) bond motifs is 1. The Morgan fingerprint density at radius 1 is 1.47 bits per heavy atom. The first-order chi connectivity index (χ1) is 7.15. The van der Waals surface area contributed by atoms with Crippen LogP contribution in [0, 0.1) is 18.3 Å². The lowest BCUT2D eigenvalue weighted by Gasteiger charge is -2.06. The van der Waals surface area contributed by atoms with Crippen molar-refractivity contribution in [1.29, 1.82) is 5.26 Å². The maximum atomic E-state index is 11.4. The molecule has 0 unspecified atom stereocenters. The average molecular weight is 199 g/mol. The lowest BCUT2D eigenvalue weighted by molar-refractivity contribution is 0.901. The Balaban J connectivity index is 3.10. The largest absolute Gasteiger partial charge is 0.310 e. The van der Waals surface area contributed by atoms with Crippen LogP contribution >= 0.6 is 0 Å². The van der Waals surface area contributed by atoms with Crippen molar-refractivity contribution in [2.45, 2.75) is 6.92 Å². The van der Waals surface area contributed by atoms with Crippen molar-refractivity contribution in [1.82, 2.24) is 9.55 Å². The second-order valence-corrected chi connectivity index (χ2v) is 3.36. The van der Waals surface area contributed by atoms with Crippen LogP contribution in [-0.4, -0.2) is 9.55 Å². The summed E-state index contributed by atoms with van der Waals surface area (Å²) in [5.74, 6) is 0. The molecule has 0 atom stereocenters.